The van der Waals surface area contributed by atoms with Gasteiger partial charge in [0.25, 0.3) is 15.9 Å². The fourth-order valence-corrected chi connectivity index (χ4v) is 5.45. The first kappa shape index (κ1) is 25.1. The fourth-order valence-electron chi connectivity index (χ4n) is 4.31. The van der Waals surface area contributed by atoms with E-state index in [-0.39, 0.29) is 16.8 Å². The average Bonchev–Trinajstić information content (AvgIpc) is 3.18. The van der Waals surface area contributed by atoms with E-state index in [0.29, 0.717) is 34.9 Å². The van der Waals surface area contributed by atoms with E-state index in [0.717, 1.165) is 43.1 Å². The van der Waals surface area contributed by atoms with Gasteiger partial charge >= 0.3 is 6.03 Å². The molecule has 0 unspecified atom stereocenters. The Labute approximate surface area is 209 Å². The van der Waals surface area contributed by atoms with Gasteiger partial charge in [-0.25, -0.2) is 17.9 Å². The second kappa shape index (κ2) is 10.7. The van der Waals surface area contributed by atoms with Gasteiger partial charge in [-0.3, -0.25) is 4.79 Å². The number of rotatable bonds is 7. The van der Waals surface area contributed by atoms with Crippen LogP contribution < -0.4 is 15.4 Å². The van der Waals surface area contributed by atoms with E-state index in [2.05, 4.69) is 15.4 Å². The number of halogens is 1. The highest BCUT2D eigenvalue weighted by molar-refractivity contribution is 7.90. The summed E-state index contributed by atoms with van der Waals surface area (Å²) in [6, 6.07) is 10.6. The molecule has 2 aromatic carbocycles. The maximum atomic E-state index is 12.7. The second-order valence-electron chi connectivity index (χ2n) is 8.79. The molecule has 0 spiro atoms. The highest BCUT2D eigenvalue weighted by Gasteiger charge is 2.21. The average molecular weight is 518 g/mol. The Morgan fingerprint density at radius 1 is 1.06 bits per heavy atom. The minimum Gasteiger partial charge on any atom is -0.461 e. The molecule has 1 aliphatic carbocycles. The smallest absolute Gasteiger partial charge is 0.328 e. The van der Waals surface area contributed by atoms with E-state index in [4.69, 9.17) is 16.0 Å². The number of urea groups is 1. The molecule has 186 valence electrons. The van der Waals surface area contributed by atoms with Crippen molar-refractivity contribution in [2.75, 3.05) is 6.54 Å². The van der Waals surface area contributed by atoms with E-state index in [1.165, 1.54) is 12.1 Å². The summed E-state index contributed by atoms with van der Waals surface area (Å²) in [5.41, 5.74) is 1.68. The summed E-state index contributed by atoms with van der Waals surface area (Å²) < 4.78 is 32.8. The molecule has 1 aromatic heterocycles. The van der Waals surface area contributed by atoms with Gasteiger partial charge in [0.15, 0.2) is 0 Å². The first-order valence-electron chi connectivity index (χ1n) is 11.6. The van der Waals surface area contributed by atoms with Crippen LogP contribution in [-0.4, -0.2) is 32.9 Å². The molecule has 3 aromatic rings. The number of nitrogens with one attached hydrogen (secondary N) is 3. The van der Waals surface area contributed by atoms with E-state index in [1.807, 2.05) is 6.07 Å². The molecule has 1 fully saturated rings. The predicted molar refractivity (Wildman–Crippen MR) is 134 cm³/mol. The zero-order valence-corrected chi connectivity index (χ0v) is 21.0. The number of fused-ring (bicyclic) bond motifs is 1. The third-order valence-electron chi connectivity index (χ3n) is 6.05. The molecule has 4 rings (SSSR count). The number of benzene rings is 2. The Hall–Kier alpha value is -3.04. The number of amides is 3. The van der Waals surface area contributed by atoms with Crippen LogP contribution in [0.25, 0.3) is 11.0 Å². The van der Waals surface area contributed by atoms with Gasteiger partial charge in [0, 0.05) is 23.0 Å². The molecule has 10 heteroatoms. The largest absolute Gasteiger partial charge is 0.461 e. The number of carbonyl (C=O) groups excluding carboxylic acids is 2. The van der Waals surface area contributed by atoms with E-state index in [9.17, 15) is 18.0 Å². The summed E-state index contributed by atoms with van der Waals surface area (Å²) in [4.78, 5) is 24.8. The standard InChI is InChI=1S/C25H28ClN3O5S/c1-16-13-18-14-19(26)15-22(23(18)34-16)24(30)27-12-11-17-7-9-21(10-8-17)35(32,33)29-25(31)28-20-5-3-2-4-6-20/h7-10,13-15,20H,2-6,11-12H2,1H3,(H,27,30)(H2,28,29,31). The molecule has 1 heterocycles. The van der Waals surface area contributed by atoms with Crippen LogP contribution in [0.15, 0.2) is 51.8 Å². The zero-order chi connectivity index (χ0) is 25.0. The molecule has 35 heavy (non-hydrogen) atoms. The van der Waals surface area contributed by atoms with Gasteiger partial charge in [0.2, 0.25) is 0 Å². The number of furan rings is 1. The predicted octanol–water partition coefficient (Wildman–Crippen LogP) is 4.69. The van der Waals surface area contributed by atoms with E-state index in [1.54, 1.807) is 31.2 Å². The topological polar surface area (TPSA) is 118 Å². The third kappa shape index (κ3) is 6.35. The van der Waals surface area contributed by atoms with Crippen LogP contribution in [0.2, 0.25) is 5.02 Å². The van der Waals surface area contributed by atoms with Crippen LogP contribution in [0.1, 0.15) is 53.8 Å². The van der Waals surface area contributed by atoms with Crippen LogP contribution in [0.3, 0.4) is 0 Å². The number of carbonyl (C=O) groups is 2. The van der Waals surface area contributed by atoms with Crippen molar-refractivity contribution in [1.82, 2.24) is 15.4 Å². The highest BCUT2D eigenvalue weighted by atomic mass is 35.5. The highest BCUT2D eigenvalue weighted by Crippen LogP contribution is 2.27. The minimum absolute atomic E-state index is 0.00131. The molecule has 0 bridgehead atoms. The molecular formula is C25H28ClN3O5S. The van der Waals surface area contributed by atoms with E-state index >= 15 is 0 Å². The molecule has 1 saturated carbocycles. The van der Waals surface area contributed by atoms with Crippen LogP contribution in [0.5, 0.6) is 0 Å². The van der Waals surface area contributed by atoms with Crippen molar-refractivity contribution in [3.05, 3.63) is 64.4 Å². The van der Waals surface area contributed by atoms with Crippen molar-refractivity contribution in [3.63, 3.8) is 0 Å². The summed E-state index contributed by atoms with van der Waals surface area (Å²) in [7, 11) is -3.97. The Morgan fingerprint density at radius 2 is 1.77 bits per heavy atom. The number of sulfonamides is 1. The summed E-state index contributed by atoms with van der Waals surface area (Å²) in [6.45, 7) is 2.14. The van der Waals surface area contributed by atoms with Crippen molar-refractivity contribution in [2.45, 2.75) is 56.4 Å². The Kier molecular flexibility index (Phi) is 7.66. The Morgan fingerprint density at radius 3 is 2.49 bits per heavy atom. The summed E-state index contributed by atoms with van der Waals surface area (Å²) in [5.74, 6) is 0.381. The maximum absolute atomic E-state index is 12.7. The van der Waals surface area contributed by atoms with Crippen LogP contribution in [-0.2, 0) is 16.4 Å². The second-order valence-corrected chi connectivity index (χ2v) is 10.9. The lowest BCUT2D eigenvalue weighted by molar-refractivity contribution is 0.0954. The molecule has 8 nitrogen and oxygen atoms in total. The molecule has 0 aliphatic heterocycles. The van der Waals surface area contributed by atoms with Gasteiger partial charge in [-0.05, 0) is 62.1 Å². The van der Waals surface area contributed by atoms with Crippen LogP contribution in [0, 0.1) is 6.92 Å². The molecule has 0 atom stereocenters. The van der Waals surface area contributed by atoms with Crippen molar-refractivity contribution >= 4 is 44.5 Å². The SMILES string of the molecule is Cc1cc2cc(Cl)cc(C(=O)NCCc3ccc(S(=O)(=O)NC(=O)NC4CCCCC4)cc3)c2o1. The number of hydrogen-bond donors (Lipinski definition) is 3. The van der Waals surface area contributed by atoms with Gasteiger partial charge in [-0.1, -0.05) is 43.0 Å². The third-order valence-corrected chi connectivity index (χ3v) is 7.61. The van der Waals surface area contributed by atoms with Gasteiger partial charge in [-0.15, -0.1) is 0 Å². The zero-order valence-electron chi connectivity index (χ0n) is 19.4. The van der Waals surface area contributed by atoms with E-state index < -0.39 is 16.1 Å². The molecule has 3 N–H and O–H groups in total. The molecule has 0 radical (unpaired) electrons. The number of aryl methyl sites for hydroxylation is 1. The van der Waals surface area contributed by atoms with Gasteiger partial charge in [-0.2, -0.15) is 0 Å². The monoisotopic (exact) mass is 517 g/mol. The van der Waals surface area contributed by atoms with Crippen LogP contribution >= 0.6 is 11.6 Å². The quantitative estimate of drug-likeness (QED) is 0.420. The van der Waals surface area contributed by atoms with Crippen molar-refractivity contribution < 1.29 is 22.4 Å². The summed E-state index contributed by atoms with van der Waals surface area (Å²) in [5, 5.41) is 6.79. The van der Waals surface area contributed by atoms with Gasteiger partial charge in [0.05, 0.1) is 10.5 Å². The van der Waals surface area contributed by atoms with Crippen LogP contribution in [0.4, 0.5) is 4.79 Å². The lowest BCUT2D eigenvalue weighted by Gasteiger charge is -2.22. The minimum atomic E-state index is -3.97. The van der Waals surface area contributed by atoms with Gasteiger partial charge < -0.3 is 15.1 Å². The lowest BCUT2D eigenvalue weighted by Crippen LogP contribution is -2.45. The Bertz CT molecular complexity index is 1330. The molecule has 0 saturated heterocycles. The maximum Gasteiger partial charge on any atom is 0.328 e. The van der Waals surface area contributed by atoms with Gasteiger partial charge in [0.1, 0.15) is 11.3 Å². The summed E-state index contributed by atoms with van der Waals surface area (Å²) >= 11 is 6.14. The van der Waals surface area contributed by atoms with Crippen molar-refractivity contribution in [3.8, 4) is 0 Å². The van der Waals surface area contributed by atoms with Crippen molar-refractivity contribution in [1.29, 1.82) is 0 Å². The van der Waals surface area contributed by atoms with Crippen molar-refractivity contribution in [2.24, 2.45) is 0 Å². The normalized spacial score (nSPS) is 14.6. The number of hydrogen-bond acceptors (Lipinski definition) is 5. The molecule has 3 amide bonds. The molecule has 1 aliphatic rings. The first-order valence-corrected chi connectivity index (χ1v) is 13.5. The molecular weight excluding hydrogens is 490 g/mol. The Balaban J connectivity index is 1.31. The first-order chi connectivity index (χ1) is 16.7. The summed E-state index contributed by atoms with van der Waals surface area (Å²) in [6.07, 6.45) is 5.42. The fraction of sp³-hybridized carbons (Fsp3) is 0.360. The lowest BCUT2D eigenvalue weighted by atomic mass is 9.96.